The molecule has 1 fully saturated rings. The summed E-state index contributed by atoms with van der Waals surface area (Å²) in [6, 6.07) is 1.40. The van der Waals surface area contributed by atoms with Crippen molar-refractivity contribution in [1.29, 1.82) is 0 Å². The number of piperazine rings is 1. The Hall–Kier alpha value is -1.69. The maximum Gasteiger partial charge on any atom is 0.241 e. The van der Waals surface area contributed by atoms with Crippen LogP contribution in [0.5, 0.6) is 0 Å². The van der Waals surface area contributed by atoms with Crippen LogP contribution in [-0.4, -0.2) is 53.5 Å². The standard InChI is InChI=1S/C10H15N5O/c1-14-5-6-15(8(7-14)9(11)16)10-12-3-2-4-13-10/h2-4,8H,5-7H2,1H3,(H2,11,16). The Kier molecular flexibility index (Phi) is 3.00. The number of nitrogens with zero attached hydrogens (tertiary/aromatic N) is 4. The van der Waals surface area contributed by atoms with Gasteiger partial charge in [-0.3, -0.25) is 4.79 Å². The minimum absolute atomic E-state index is 0.334. The van der Waals surface area contributed by atoms with Gasteiger partial charge >= 0.3 is 0 Å². The van der Waals surface area contributed by atoms with E-state index in [1.54, 1.807) is 18.5 Å². The Bertz CT molecular complexity index is 369. The van der Waals surface area contributed by atoms with Crippen LogP contribution < -0.4 is 10.6 Å². The first-order valence-electron chi connectivity index (χ1n) is 5.20. The first-order valence-corrected chi connectivity index (χ1v) is 5.20. The number of nitrogens with two attached hydrogens (primary N) is 1. The van der Waals surface area contributed by atoms with Crippen LogP contribution in [0.25, 0.3) is 0 Å². The van der Waals surface area contributed by atoms with Crippen LogP contribution in [0.4, 0.5) is 5.95 Å². The molecule has 0 spiro atoms. The number of amides is 1. The molecule has 1 aromatic rings. The lowest BCUT2D eigenvalue weighted by Gasteiger charge is -2.38. The maximum absolute atomic E-state index is 11.4. The van der Waals surface area contributed by atoms with E-state index in [-0.39, 0.29) is 11.9 Å². The molecule has 6 nitrogen and oxygen atoms in total. The van der Waals surface area contributed by atoms with Crippen molar-refractivity contribution in [3.63, 3.8) is 0 Å². The predicted molar refractivity (Wildman–Crippen MR) is 59.9 cm³/mol. The average Bonchev–Trinajstić information content (AvgIpc) is 2.30. The van der Waals surface area contributed by atoms with Gasteiger partial charge in [0.1, 0.15) is 6.04 Å². The predicted octanol–water partition coefficient (Wildman–Crippen LogP) is -0.918. The van der Waals surface area contributed by atoms with Crippen LogP contribution in [0.2, 0.25) is 0 Å². The van der Waals surface area contributed by atoms with Crippen LogP contribution >= 0.6 is 0 Å². The Morgan fingerprint density at radius 3 is 2.75 bits per heavy atom. The van der Waals surface area contributed by atoms with E-state index >= 15 is 0 Å². The van der Waals surface area contributed by atoms with E-state index in [0.717, 1.165) is 6.54 Å². The molecule has 2 rings (SSSR count). The molecular formula is C10H15N5O. The third kappa shape index (κ3) is 2.11. The Labute approximate surface area is 94.1 Å². The van der Waals surface area contributed by atoms with E-state index in [2.05, 4.69) is 14.9 Å². The third-order valence-electron chi connectivity index (χ3n) is 2.72. The molecule has 0 saturated carbocycles. The Balaban J connectivity index is 2.22. The largest absolute Gasteiger partial charge is 0.368 e. The number of carbonyl (C=O) groups is 1. The van der Waals surface area contributed by atoms with Crippen molar-refractivity contribution >= 4 is 11.9 Å². The molecule has 2 heterocycles. The second-order valence-corrected chi connectivity index (χ2v) is 3.92. The summed E-state index contributed by atoms with van der Waals surface area (Å²) in [6.45, 7) is 2.21. The number of aromatic nitrogens is 2. The van der Waals surface area contributed by atoms with Gasteiger partial charge < -0.3 is 15.5 Å². The number of rotatable bonds is 2. The number of primary amides is 1. The lowest BCUT2D eigenvalue weighted by Crippen LogP contribution is -2.57. The number of carbonyl (C=O) groups excluding carboxylic acids is 1. The van der Waals surface area contributed by atoms with Gasteiger partial charge in [-0.1, -0.05) is 0 Å². The fraction of sp³-hybridized carbons (Fsp3) is 0.500. The zero-order chi connectivity index (χ0) is 11.5. The van der Waals surface area contributed by atoms with Crippen LogP contribution in [0.3, 0.4) is 0 Å². The summed E-state index contributed by atoms with van der Waals surface area (Å²) in [5, 5.41) is 0. The Morgan fingerprint density at radius 2 is 2.12 bits per heavy atom. The van der Waals surface area contributed by atoms with E-state index in [1.807, 2.05) is 11.9 Å². The average molecular weight is 221 g/mol. The highest BCUT2D eigenvalue weighted by Crippen LogP contribution is 2.14. The minimum atomic E-state index is -0.346. The van der Waals surface area contributed by atoms with E-state index in [9.17, 15) is 4.79 Å². The second-order valence-electron chi connectivity index (χ2n) is 3.92. The molecular weight excluding hydrogens is 206 g/mol. The monoisotopic (exact) mass is 221 g/mol. The zero-order valence-electron chi connectivity index (χ0n) is 9.21. The van der Waals surface area contributed by atoms with Crippen molar-refractivity contribution in [2.24, 2.45) is 5.73 Å². The van der Waals surface area contributed by atoms with Crippen molar-refractivity contribution in [2.45, 2.75) is 6.04 Å². The molecule has 1 unspecified atom stereocenters. The first kappa shape index (κ1) is 10.8. The van der Waals surface area contributed by atoms with Crippen molar-refractivity contribution in [3.05, 3.63) is 18.5 Å². The van der Waals surface area contributed by atoms with E-state index in [1.165, 1.54) is 0 Å². The first-order chi connectivity index (χ1) is 7.68. The molecule has 1 aliphatic heterocycles. The van der Waals surface area contributed by atoms with Crippen LogP contribution in [0.15, 0.2) is 18.5 Å². The topological polar surface area (TPSA) is 75.3 Å². The van der Waals surface area contributed by atoms with E-state index in [0.29, 0.717) is 19.0 Å². The van der Waals surface area contributed by atoms with Gasteiger partial charge in [0.2, 0.25) is 11.9 Å². The van der Waals surface area contributed by atoms with Crippen molar-refractivity contribution in [3.8, 4) is 0 Å². The second kappa shape index (κ2) is 4.44. The van der Waals surface area contributed by atoms with Crippen molar-refractivity contribution in [1.82, 2.24) is 14.9 Å². The zero-order valence-corrected chi connectivity index (χ0v) is 9.21. The summed E-state index contributed by atoms with van der Waals surface area (Å²) in [6.07, 6.45) is 3.33. The van der Waals surface area contributed by atoms with E-state index in [4.69, 9.17) is 5.73 Å². The summed E-state index contributed by atoms with van der Waals surface area (Å²) in [7, 11) is 1.97. The molecule has 1 aliphatic rings. The molecule has 1 aromatic heterocycles. The van der Waals surface area contributed by atoms with Crippen molar-refractivity contribution in [2.75, 3.05) is 31.6 Å². The highest BCUT2D eigenvalue weighted by atomic mass is 16.1. The number of hydrogen-bond acceptors (Lipinski definition) is 5. The van der Waals surface area contributed by atoms with Gasteiger partial charge in [0.25, 0.3) is 0 Å². The summed E-state index contributed by atoms with van der Waals surface area (Å²) in [4.78, 5) is 23.6. The van der Waals surface area contributed by atoms with Gasteiger partial charge in [-0.25, -0.2) is 9.97 Å². The fourth-order valence-electron chi connectivity index (χ4n) is 1.84. The van der Waals surface area contributed by atoms with Gasteiger partial charge in [0.05, 0.1) is 0 Å². The fourth-order valence-corrected chi connectivity index (χ4v) is 1.84. The van der Waals surface area contributed by atoms with Gasteiger partial charge in [-0.05, 0) is 13.1 Å². The molecule has 6 heteroatoms. The molecule has 2 N–H and O–H groups in total. The molecule has 16 heavy (non-hydrogen) atoms. The van der Waals surface area contributed by atoms with Gasteiger partial charge in [0, 0.05) is 32.0 Å². The number of hydrogen-bond donors (Lipinski definition) is 1. The molecule has 1 saturated heterocycles. The normalized spacial score (nSPS) is 22.1. The molecule has 1 atom stereocenters. The lowest BCUT2D eigenvalue weighted by atomic mass is 10.1. The van der Waals surface area contributed by atoms with Crippen LogP contribution in [0.1, 0.15) is 0 Å². The van der Waals surface area contributed by atoms with E-state index < -0.39 is 0 Å². The Morgan fingerprint density at radius 1 is 1.44 bits per heavy atom. The summed E-state index contributed by atoms with van der Waals surface area (Å²) >= 11 is 0. The molecule has 86 valence electrons. The third-order valence-corrected chi connectivity index (χ3v) is 2.72. The smallest absolute Gasteiger partial charge is 0.241 e. The van der Waals surface area contributed by atoms with Gasteiger partial charge in [-0.15, -0.1) is 0 Å². The van der Waals surface area contributed by atoms with Gasteiger partial charge in [-0.2, -0.15) is 0 Å². The van der Waals surface area contributed by atoms with Crippen LogP contribution in [-0.2, 0) is 4.79 Å². The highest BCUT2D eigenvalue weighted by molar-refractivity contribution is 5.83. The SMILES string of the molecule is CN1CCN(c2ncccn2)C(C(N)=O)C1. The minimum Gasteiger partial charge on any atom is -0.368 e. The van der Waals surface area contributed by atoms with Crippen LogP contribution in [0, 0.1) is 0 Å². The molecule has 0 radical (unpaired) electrons. The summed E-state index contributed by atoms with van der Waals surface area (Å²) in [5.41, 5.74) is 5.39. The molecule has 0 bridgehead atoms. The lowest BCUT2D eigenvalue weighted by molar-refractivity contribution is -0.120. The quantitative estimate of drug-likeness (QED) is 0.699. The summed E-state index contributed by atoms with van der Waals surface area (Å²) in [5.74, 6) is 0.235. The summed E-state index contributed by atoms with van der Waals surface area (Å²) < 4.78 is 0. The van der Waals surface area contributed by atoms with Crippen molar-refractivity contribution < 1.29 is 4.79 Å². The number of likely N-dealkylation sites (N-methyl/N-ethyl adjacent to an activating group) is 1. The number of anilines is 1. The molecule has 1 amide bonds. The molecule has 0 aromatic carbocycles. The molecule has 0 aliphatic carbocycles. The van der Waals surface area contributed by atoms with Gasteiger partial charge in [0.15, 0.2) is 0 Å². The maximum atomic E-state index is 11.4. The highest BCUT2D eigenvalue weighted by Gasteiger charge is 2.30.